The van der Waals surface area contributed by atoms with E-state index in [1.54, 1.807) is 6.92 Å². The second-order valence-corrected chi connectivity index (χ2v) is 5.50. The Balaban J connectivity index is 2.24. The monoisotopic (exact) mass is 280 g/mol. The first-order valence-corrected chi connectivity index (χ1v) is 6.52. The minimum Gasteiger partial charge on any atom is -0.427 e. The van der Waals surface area contributed by atoms with E-state index >= 15 is 0 Å². The van der Waals surface area contributed by atoms with Crippen molar-refractivity contribution in [3.8, 4) is 5.75 Å². The van der Waals surface area contributed by atoms with E-state index in [1.165, 1.54) is 0 Å². The first-order valence-electron chi connectivity index (χ1n) is 6.52. The smallest absolute Gasteiger partial charge is 0.423 e. The van der Waals surface area contributed by atoms with Crippen molar-refractivity contribution < 1.29 is 23.6 Å². The average Bonchev–Trinajstić information content (AvgIpc) is 2.80. The van der Waals surface area contributed by atoms with Gasteiger partial charge in [-0.25, -0.2) is 9.59 Å². The maximum atomic E-state index is 11.9. The molecular weight excluding hydrogens is 264 g/mol. The summed E-state index contributed by atoms with van der Waals surface area (Å²) in [5.41, 5.74) is -0.717. The number of nitrogens with zero attached hydrogens (tertiary/aromatic N) is 2. The molecule has 7 nitrogen and oxygen atoms in total. The predicted molar refractivity (Wildman–Crippen MR) is 65.7 cm³/mol. The molecule has 0 N–H and O–H groups in total. The fourth-order valence-corrected chi connectivity index (χ4v) is 3.13. The molecule has 0 aliphatic carbocycles. The van der Waals surface area contributed by atoms with Gasteiger partial charge in [-0.1, -0.05) is 12.1 Å². The van der Waals surface area contributed by atoms with Crippen molar-refractivity contribution in [3.05, 3.63) is 11.5 Å². The fraction of sp³-hybridized carbons (Fsp3) is 0.615. The molecule has 3 atom stereocenters. The lowest BCUT2D eigenvalue weighted by Crippen LogP contribution is -2.47. The summed E-state index contributed by atoms with van der Waals surface area (Å²) in [5.74, 6) is -1.63. The molecule has 0 aromatic carbocycles. The van der Waals surface area contributed by atoms with Crippen LogP contribution in [0.4, 0.5) is 0 Å². The molecule has 0 saturated carbocycles. The van der Waals surface area contributed by atoms with Crippen molar-refractivity contribution in [1.29, 1.82) is 0 Å². The van der Waals surface area contributed by atoms with Gasteiger partial charge in [0.2, 0.25) is 17.2 Å². The van der Waals surface area contributed by atoms with E-state index in [0.29, 0.717) is 5.69 Å². The minimum absolute atomic E-state index is 0.0490. The van der Waals surface area contributed by atoms with E-state index in [-0.39, 0.29) is 23.5 Å². The van der Waals surface area contributed by atoms with E-state index < -0.39 is 17.7 Å². The Kier molecular flexibility index (Phi) is 2.66. The largest absolute Gasteiger partial charge is 0.427 e. The highest BCUT2D eigenvalue weighted by Crippen LogP contribution is 2.51. The molecule has 0 amide bonds. The van der Waals surface area contributed by atoms with Crippen LogP contribution in [0.3, 0.4) is 0 Å². The fourth-order valence-electron chi connectivity index (χ4n) is 3.13. The Morgan fingerprint density at radius 3 is 2.60 bits per heavy atom. The summed E-state index contributed by atoms with van der Waals surface area (Å²) in [6.45, 7) is 5.63. The predicted octanol–water partition coefficient (Wildman–Crippen LogP) is 0.958. The zero-order valence-electron chi connectivity index (χ0n) is 11.8. The van der Waals surface area contributed by atoms with E-state index in [9.17, 15) is 9.59 Å². The number of rotatable bonds is 0. The molecule has 1 spiro atoms. The molecule has 7 heteroatoms. The molecule has 1 saturated heterocycles. The highest BCUT2D eigenvalue weighted by molar-refractivity contribution is 6.30. The van der Waals surface area contributed by atoms with Crippen LogP contribution in [0.2, 0.25) is 0 Å². The van der Waals surface area contributed by atoms with Crippen LogP contribution in [-0.2, 0) is 20.1 Å². The normalized spacial score (nSPS) is 33.8. The number of carbonyl (C=O) groups excluding carboxylic acids is 2. The van der Waals surface area contributed by atoms with Crippen LogP contribution >= 0.6 is 0 Å². The Labute approximate surface area is 115 Å². The molecule has 1 aromatic heterocycles. The van der Waals surface area contributed by atoms with Crippen molar-refractivity contribution in [1.82, 2.24) is 10.1 Å². The topological polar surface area (TPSA) is 81.9 Å². The maximum absolute atomic E-state index is 11.9. The summed E-state index contributed by atoms with van der Waals surface area (Å²) in [4.78, 5) is 25.4. The summed E-state index contributed by atoms with van der Waals surface area (Å²) < 4.78 is 15.9. The van der Waals surface area contributed by atoms with Crippen LogP contribution in [0.15, 0.2) is 4.52 Å². The lowest BCUT2D eigenvalue weighted by atomic mass is 9.94. The lowest BCUT2D eigenvalue weighted by Gasteiger charge is -2.35. The molecule has 3 heterocycles. The molecular formula is C13H16N2O5. The van der Waals surface area contributed by atoms with E-state index in [2.05, 4.69) is 5.16 Å². The Morgan fingerprint density at radius 1 is 1.30 bits per heavy atom. The van der Waals surface area contributed by atoms with Gasteiger partial charge in [-0.3, -0.25) is 4.90 Å². The van der Waals surface area contributed by atoms with Crippen molar-refractivity contribution in [3.63, 3.8) is 0 Å². The van der Waals surface area contributed by atoms with Gasteiger partial charge in [0.05, 0.1) is 0 Å². The molecule has 20 heavy (non-hydrogen) atoms. The summed E-state index contributed by atoms with van der Waals surface area (Å²) in [6.07, 6.45) is 0.803. The number of likely N-dealkylation sites (tertiary alicyclic amines) is 1. The molecule has 0 radical (unpaired) electrons. The zero-order chi connectivity index (χ0) is 14.7. The van der Waals surface area contributed by atoms with Crippen LogP contribution < -0.4 is 4.74 Å². The number of fused-ring (bicyclic) bond motifs is 2. The summed E-state index contributed by atoms with van der Waals surface area (Å²) in [6, 6.07) is 0.171. The van der Waals surface area contributed by atoms with Crippen molar-refractivity contribution in [2.24, 2.45) is 5.92 Å². The zero-order valence-corrected chi connectivity index (χ0v) is 11.8. The number of hydrogen-bond acceptors (Lipinski definition) is 7. The minimum atomic E-state index is -1.14. The highest BCUT2D eigenvalue weighted by atomic mass is 16.6. The van der Waals surface area contributed by atoms with Crippen LogP contribution in [0.25, 0.3) is 0 Å². The molecule has 0 bridgehead atoms. The number of aryl methyl sites for hydroxylation is 1. The van der Waals surface area contributed by atoms with Crippen molar-refractivity contribution in [2.75, 3.05) is 7.05 Å². The second-order valence-electron chi connectivity index (χ2n) is 5.50. The third-order valence-corrected chi connectivity index (χ3v) is 4.29. The van der Waals surface area contributed by atoms with Crippen molar-refractivity contribution >= 4 is 11.9 Å². The third-order valence-electron chi connectivity index (χ3n) is 4.29. The van der Waals surface area contributed by atoms with E-state index in [4.69, 9.17) is 14.0 Å². The van der Waals surface area contributed by atoms with Gasteiger partial charge in [-0.15, -0.1) is 0 Å². The van der Waals surface area contributed by atoms with Crippen molar-refractivity contribution in [2.45, 2.75) is 39.0 Å². The third kappa shape index (κ3) is 1.46. The van der Waals surface area contributed by atoms with Gasteiger partial charge in [-0.2, -0.15) is 0 Å². The summed E-state index contributed by atoms with van der Waals surface area (Å²) in [7, 11) is 1.83. The number of aromatic nitrogens is 1. The molecule has 2 aliphatic rings. The van der Waals surface area contributed by atoms with Gasteiger partial charge in [-0.05, 0) is 27.3 Å². The second kappa shape index (κ2) is 4.05. The number of hydrogen-bond donors (Lipinski definition) is 0. The van der Waals surface area contributed by atoms with Gasteiger partial charge in [0.1, 0.15) is 5.69 Å². The summed E-state index contributed by atoms with van der Waals surface area (Å²) in [5, 5.41) is 3.84. The first kappa shape index (κ1) is 13.1. The van der Waals surface area contributed by atoms with Gasteiger partial charge in [0.15, 0.2) is 0 Å². The number of ether oxygens (including phenoxy) is 2. The van der Waals surface area contributed by atoms with E-state index in [0.717, 1.165) is 6.42 Å². The highest BCUT2D eigenvalue weighted by Gasteiger charge is 2.59. The van der Waals surface area contributed by atoms with Crippen LogP contribution in [0, 0.1) is 12.8 Å². The summed E-state index contributed by atoms with van der Waals surface area (Å²) >= 11 is 0. The van der Waals surface area contributed by atoms with E-state index in [1.807, 2.05) is 25.8 Å². The first-order chi connectivity index (χ1) is 9.37. The van der Waals surface area contributed by atoms with Crippen LogP contribution in [0.5, 0.6) is 5.75 Å². The average molecular weight is 280 g/mol. The SMILES string of the molecule is Cc1noc2c1OC(=O)C(=O)OC21C(C)CC(C)N1C. The van der Waals surface area contributed by atoms with Gasteiger partial charge < -0.3 is 14.0 Å². The maximum Gasteiger partial charge on any atom is 0.423 e. The molecule has 1 aromatic rings. The quantitative estimate of drug-likeness (QED) is 0.517. The van der Waals surface area contributed by atoms with Gasteiger partial charge in [0.25, 0.3) is 0 Å². The standard InChI is InChI=1S/C13H16N2O5/c1-6-5-7(2)15(4)13(6)10-9(8(3)14-20-10)18-11(16)12(17)19-13/h6-7H,5H2,1-4H3. The molecule has 1 fully saturated rings. The van der Waals surface area contributed by atoms with Gasteiger partial charge >= 0.3 is 11.9 Å². The molecule has 108 valence electrons. The number of esters is 2. The Hall–Kier alpha value is -1.89. The number of carbonyl (C=O) groups is 2. The molecule has 3 unspecified atom stereocenters. The Bertz CT molecular complexity index is 596. The molecule has 2 aliphatic heterocycles. The van der Waals surface area contributed by atoms with Crippen LogP contribution in [-0.4, -0.2) is 35.1 Å². The van der Waals surface area contributed by atoms with Crippen LogP contribution in [0.1, 0.15) is 31.7 Å². The molecule has 3 rings (SSSR count). The lowest BCUT2D eigenvalue weighted by molar-refractivity contribution is -0.197. The van der Waals surface area contributed by atoms with Gasteiger partial charge in [0, 0.05) is 12.0 Å². The Morgan fingerprint density at radius 2 is 2.00 bits per heavy atom.